The van der Waals surface area contributed by atoms with Crippen LogP contribution in [-0.4, -0.2) is 21.8 Å². The van der Waals surface area contributed by atoms with Gasteiger partial charge in [0.2, 0.25) is 0 Å². The van der Waals surface area contributed by atoms with Gasteiger partial charge < -0.3 is 5.32 Å². The number of benzene rings is 1. The standard InChI is InChI=1S/C13H14N4O3/c1-9-5-13(18)16(15-7-9)8-10-6-11(17(19)20)3-4-12(10)14-2/h3-7,14H,8H2,1-2H3. The molecule has 0 spiro atoms. The number of nitrogens with one attached hydrogen (secondary N) is 1. The van der Waals surface area contributed by atoms with Crippen molar-refractivity contribution in [3.05, 3.63) is 62.1 Å². The number of aryl methyl sites for hydroxylation is 1. The van der Waals surface area contributed by atoms with Crippen molar-refractivity contribution in [1.82, 2.24) is 9.78 Å². The number of nitro groups is 1. The second-order valence-corrected chi connectivity index (χ2v) is 4.38. The molecule has 20 heavy (non-hydrogen) atoms. The minimum absolute atomic E-state index is 0.0147. The van der Waals surface area contributed by atoms with Gasteiger partial charge in [0.05, 0.1) is 17.7 Å². The van der Waals surface area contributed by atoms with Crippen LogP contribution in [0.15, 0.2) is 35.3 Å². The van der Waals surface area contributed by atoms with Crippen molar-refractivity contribution in [3.63, 3.8) is 0 Å². The molecule has 0 amide bonds. The van der Waals surface area contributed by atoms with Crippen LogP contribution in [0.5, 0.6) is 0 Å². The number of nitrogens with zero attached hydrogens (tertiary/aromatic N) is 3. The van der Waals surface area contributed by atoms with Gasteiger partial charge in [-0.15, -0.1) is 0 Å². The summed E-state index contributed by atoms with van der Waals surface area (Å²) in [5.41, 5.74) is 1.89. The smallest absolute Gasteiger partial charge is 0.269 e. The monoisotopic (exact) mass is 274 g/mol. The summed E-state index contributed by atoms with van der Waals surface area (Å²) in [5, 5.41) is 17.8. The maximum Gasteiger partial charge on any atom is 0.269 e. The molecule has 0 aliphatic heterocycles. The molecule has 1 aromatic carbocycles. The first-order valence-electron chi connectivity index (χ1n) is 6.00. The van der Waals surface area contributed by atoms with Gasteiger partial charge in [0.1, 0.15) is 0 Å². The molecule has 1 N–H and O–H groups in total. The van der Waals surface area contributed by atoms with Gasteiger partial charge in [-0.3, -0.25) is 14.9 Å². The Morgan fingerprint density at radius 1 is 1.40 bits per heavy atom. The van der Waals surface area contributed by atoms with Crippen LogP contribution in [0, 0.1) is 17.0 Å². The van der Waals surface area contributed by atoms with Crippen molar-refractivity contribution in [2.75, 3.05) is 12.4 Å². The first-order chi connectivity index (χ1) is 9.51. The van der Waals surface area contributed by atoms with E-state index in [1.54, 1.807) is 26.2 Å². The van der Waals surface area contributed by atoms with Crippen LogP contribution >= 0.6 is 0 Å². The van der Waals surface area contributed by atoms with E-state index in [-0.39, 0.29) is 17.8 Å². The largest absolute Gasteiger partial charge is 0.388 e. The van der Waals surface area contributed by atoms with E-state index >= 15 is 0 Å². The van der Waals surface area contributed by atoms with E-state index in [4.69, 9.17) is 0 Å². The van der Waals surface area contributed by atoms with Crippen molar-refractivity contribution < 1.29 is 4.92 Å². The lowest BCUT2D eigenvalue weighted by molar-refractivity contribution is -0.384. The molecule has 2 rings (SSSR count). The van der Waals surface area contributed by atoms with Gasteiger partial charge in [-0.1, -0.05) is 0 Å². The molecule has 0 fully saturated rings. The van der Waals surface area contributed by atoms with Crippen LogP contribution in [0.4, 0.5) is 11.4 Å². The highest BCUT2D eigenvalue weighted by Gasteiger charge is 2.11. The molecule has 2 aromatic rings. The Labute approximate surface area is 115 Å². The van der Waals surface area contributed by atoms with Crippen molar-refractivity contribution in [3.8, 4) is 0 Å². The lowest BCUT2D eigenvalue weighted by Gasteiger charge is -2.10. The minimum Gasteiger partial charge on any atom is -0.388 e. The Morgan fingerprint density at radius 2 is 2.15 bits per heavy atom. The molecule has 7 heteroatoms. The SMILES string of the molecule is CNc1ccc([N+](=O)[O-])cc1Cn1ncc(C)cc1=O. The Balaban J connectivity index is 2.43. The minimum atomic E-state index is -0.464. The van der Waals surface area contributed by atoms with Crippen molar-refractivity contribution in [1.29, 1.82) is 0 Å². The Bertz CT molecular complexity index is 709. The first-order valence-corrected chi connectivity index (χ1v) is 6.00. The van der Waals surface area contributed by atoms with Crippen molar-refractivity contribution in [2.45, 2.75) is 13.5 Å². The Kier molecular flexibility index (Phi) is 3.79. The van der Waals surface area contributed by atoms with E-state index in [0.717, 1.165) is 11.3 Å². The van der Waals surface area contributed by atoms with Crippen LogP contribution in [0.2, 0.25) is 0 Å². The van der Waals surface area contributed by atoms with Crippen LogP contribution in [0.25, 0.3) is 0 Å². The van der Waals surface area contributed by atoms with Crippen LogP contribution in [0.3, 0.4) is 0 Å². The number of hydrogen-bond donors (Lipinski definition) is 1. The van der Waals surface area contributed by atoms with Gasteiger partial charge >= 0.3 is 0 Å². The third-order valence-corrected chi connectivity index (χ3v) is 2.90. The van der Waals surface area contributed by atoms with E-state index in [1.165, 1.54) is 22.9 Å². The zero-order valence-corrected chi connectivity index (χ0v) is 11.2. The lowest BCUT2D eigenvalue weighted by atomic mass is 10.1. The maximum absolute atomic E-state index is 11.8. The molecule has 0 atom stereocenters. The topological polar surface area (TPSA) is 90.1 Å². The Morgan fingerprint density at radius 3 is 2.75 bits per heavy atom. The Hall–Kier alpha value is -2.70. The lowest BCUT2D eigenvalue weighted by Crippen LogP contribution is -2.23. The number of nitro benzene ring substituents is 1. The second-order valence-electron chi connectivity index (χ2n) is 4.38. The zero-order valence-electron chi connectivity index (χ0n) is 11.2. The van der Waals surface area contributed by atoms with E-state index in [2.05, 4.69) is 10.4 Å². The number of anilines is 1. The van der Waals surface area contributed by atoms with Crippen molar-refractivity contribution in [2.24, 2.45) is 0 Å². The summed E-state index contributed by atoms with van der Waals surface area (Å²) in [6.07, 6.45) is 1.58. The molecule has 0 unspecified atom stereocenters. The van der Waals surface area contributed by atoms with Gasteiger partial charge in [0.25, 0.3) is 11.2 Å². The molecule has 1 heterocycles. The summed E-state index contributed by atoms with van der Waals surface area (Å²) in [4.78, 5) is 22.2. The highest BCUT2D eigenvalue weighted by atomic mass is 16.6. The maximum atomic E-state index is 11.8. The van der Waals surface area contributed by atoms with Crippen LogP contribution in [-0.2, 0) is 6.54 Å². The molecule has 0 radical (unpaired) electrons. The number of hydrogen-bond acceptors (Lipinski definition) is 5. The third kappa shape index (κ3) is 2.82. The molecule has 104 valence electrons. The third-order valence-electron chi connectivity index (χ3n) is 2.90. The van der Waals surface area contributed by atoms with E-state index < -0.39 is 4.92 Å². The molecule has 7 nitrogen and oxygen atoms in total. The molecule has 0 saturated heterocycles. The van der Waals surface area contributed by atoms with Gasteiger partial charge in [0.15, 0.2) is 0 Å². The number of rotatable bonds is 4. The quantitative estimate of drug-likeness (QED) is 0.674. The predicted octanol–water partition coefficient (Wildman–Crippen LogP) is 1.55. The summed E-state index contributed by atoms with van der Waals surface area (Å²) in [6.45, 7) is 1.96. The molecular formula is C13H14N4O3. The predicted molar refractivity (Wildman–Crippen MR) is 75.0 cm³/mol. The van der Waals surface area contributed by atoms with Crippen molar-refractivity contribution >= 4 is 11.4 Å². The molecule has 1 aromatic heterocycles. The zero-order chi connectivity index (χ0) is 14.7. The fourth-order valence-corrected chi connectivity index (χ4v) is 1.87. The highest BCUT2D eigenvalue weighted by molar-refractivity contribution is 5.55. The molecule has 0 aliphatic carbocycles. The number of aromatic nitrogens is 2. The summed E-state index contributed by atoms with van der Waals surface area (Å²) < 4.78 is 1.27. The molecular weight excluding hydrogens is 260 g/mol. The summed E-state index contributed by atoms with van der Waals surface area (Å²) in [5.74, 6) is 0. The second kappa shape index (κ2) is 5.52. The molecule has 0 aliphatic rings. The summed E-state index contributed by atoms with van der Waals surface area (Å²) in [6, 6.07) is 5.95. The van der Waals surface area contributed by atoms with Gasteiger partial charge in [-0.25, -0.2) is 4.68 Å². The van der Waals surface area contributed by atoms with Gasteiger partial charge in [-0.05, 0) is 18.6 Å². The fourth-order valence-electron chi connectivity index (χ4n) is 1.87. The summed E-state index contributed by atoms with van der Waals surface area (Å²) in [7, 11) is 1.72. The van der Waals surface area contributed by atoms with Crippen LogP contribution in [0.1, 0.15) is 11.1 Å². The molecule has 0 bridgehead atoms. The normalized spacial score (nSPS) is 10.3. The van der Waals surface area contributed by atoms with Gasteiger partial charge in [0, 0.05) is 36.5 Å². The fraction of sp³-hybridized carbons (Fsp3) is 0.231. The van der Waals surface area contributed by atoms with E-state index in [9.17, 15) is 14.9 Å². The van der Waals surface area contributed by atoms with Gasteiger partial charge in [-0.2, -0.15) is 5.10 Å². The van der Waals surface area contributed by atoms with E-state index in [0.29, 0.717) is 5.56 Å². The van der Waals surface area contributed by atoms with E-state index in [1.807, 2.05) is 0 Å². The summed E-state index contributed by atoms with van der Waals surface area (Å²) >= 11 is 0. The average molecular weight is 274 g/mol. The highest BCUT2D eigenvalue weighted by Crippen LogP contribution is 2.22. The average Bonchev–Trinajstić information content (AvgIpc) is 2.41. The van der Waals surface area contributed by atoms with Crippen LogP contribution < -0.4 is 10.9 Å². The first kappa shape index (κ1) is 13.7. The number of non-ortho nitro benzene ring substituents is 1. The molecule has 0 saturated carbocycles.